The predicted molar refractivity (Wildman–Crippen MR) is 87.8 cm³/mol. The van der Waals surface area contributed by atoms with E-state index in [-0.39, 0.29) is 0 Å². The molecule has 0 aliphatic heterocycles. The van der Waals surface area contributed by atoms with Crippen LogP contribution in [-0.4, -0.2) is 10.9 Å². The zero-order valence-electron chi connectivity index (χ0n) is 11.1. The smallest absolute Gasteiger partial charge is 0.0865 e. The molecule has 0 spiro atoms. The van der Waals surface area contributed by atoms with Crippen molar-refractivity contribution >= 4 is 43.2 Å². The first-order chi connectivity index (χ1) is 9.74. The number of nitrogens with zero attached hydrogens (tertiary/aromatic N) is 1. The van der Waals surface area contributed by atoms with Gasteiger partial charge in [0, 0.05) is 4.47 Å². The zero-order chi connectivity index (χ0) is 14.1. The first kappa shape index (κ1) is 13.1. The molecule has 0 saturated heterocycles. The number of hydrogen-bond acceptors (Lipinski definition) is 2. The normalized spacial score (nSPS) is 12.2. The van der Waals surface area contributed by atoms with Crippen LogP contribution < -0.4 is 0 Å². The number of hydrogen-bond donors (Lipinski definition) is 1. The number of oxime groups is 1. The van der Waals surface area contributed by atoms with Gasteiger partial charge in [-0.25, -0.2) is 0 Å². The van der Waals surface area contributed by atoms with Gasteiger partial charge >= 0.3 is 0 Å². The summed E-state index contributed by atoms with van der Waals surface area (Å²) in [6.07, 6.45) is 0.705. The molecule has 0 fully saturated rings. The highest BCUT2D eigenvalue weighted by Gasteiger charge is 2.08. The number of rotatable bonds is 2. The van der Waals surface area contributed by atoms with Gasteiger partial charge in [-0.3, -0.25) is 0 Å². The van der Waals surface area contributed by atoms with E-state index in [0.717, 1.165) is 10.0 Å². The number of fused-ring (bicyclic) bond motifs is 3. The van der Waals surface area contributed by atoms with Crippen molar-refractivity contribution in [1.29, 1.82) is 0 Å². The maximum Gasteiger partial charge on any atom is 0.0865 e. The zero-order valence-corrected chi connectivity index (χ0v) is 12.7. The van der Waals surface area contributed by atoms with Gasteiger partial charge < -0.3 is 5.21 Å². The van der Waals surface area contributed by atoms with Gasteiger partial charge in [0.25, 0.3) is 0 Å². The molecule has 0 saturated carbocycles. The van der Waals surface area contributed by atoms with E-state index < -0.39 is 0 Å². The lowest BCUT2D eigenvalue weighted by atomic mass is 9.98. The van der Waals surface area contributed by atoms with Crippen molar-refractivity contribution in [3.8, 4) is 0 Å². The molecule has 3 rings (SSSR count). The van der Waals surface area contributed by atoms with E-state index in [0.29, 0.717) is 12.1 Å². The van der Waals surface area contributed by atoms with E-state index in [4.69, 9.17) is 5.21 Å². The van der Waals surface area contributed by atoms with E-state index in [1.807, 2.05) is 25.1 Å². The molecule has 0 bridgehead atoms. The maximum absolute atomic E-state index is 9.09. The van der Waals surface area contributed by atoms with Crippen LogP contribution in [0.15, 0.2) is 58.2 Å². The van der Waals surface area contributed by atoms with Gasteiger partial charge in [-0.1, -0.05) is 64.4 Å². The van der Waals surface area contributed by atoms with Crippen LogP contribution in [0.4, 0.5) is 0 Å². The van der Waals surface area contributed by atoms with Crippen molar-refractivity contribution in [3.05, 3.63) is 58.6 Å². The molecule has 0 aliphatic rings. The Labute approximate surface area is 125 Å². The van der Waals surface area contributed by atoms with E-state index in [1.54, 1.807) is 0 Å². The van der Waals surface area contributed by atoms with Crippen molar-refractivity contribution in [2.45, 2.75) is 13.3 Å². The average Bonchev–Trinajstić information content (AvgIpc) is 2.49. The lowest BCUT2D eigenvalue weighted by molar-refractivity contribution is 0.318. The fourth-order valence-corrected chi connectivity index (χ4v) is 3.16. The lowest BCUT2D eigenvalue weighted by Crippen LogP contribution is -1.98. The van der Waals surface area contributed by atoms with E-state index in [1.165, 1.54) is 21.5 Å². The van der Waals surface area contributed by atoms with E-state index in [2.05, 4.69) is 51.4 Å². The summed E-state index contributed by atoms with van der Waals surface area (Å²) in [5.41, 5.74) is 1.67. The van der Waals surface area contributed by atoms with Gasteiger partial charge in [0.2, 0.25) is 0 Å². The van der Waals surface area contributed by atoms with Crippen LogP contribution in [0.25, 0.3) is 21.5 Å². The molecule has 1 N–H and O–H groups in total. The minimum Gasteiger partial charge on any atom is -0.411 e. The molecule has 3 aromatic rings. The standard InChI is InChI=1S/C17H14BrNO/c1-2-17(19-20)12-8-7-11-10-16(18)14-6-4-3-5-13(14)15(11)9-12/h3-10,20H,2H2,1H3/b19-17+. The van der Waals surface area contributed by atoms with Crippen LogP contribution in [0.5, 0.6) is 0 Å². The summed E-state index contributed by atoms with van der Waals surface area (Å²) in [7, 11) is 0. The molecule has 0 amide bonds. The highest BCUT2D eigenvalue weighted by atomic mass is 79.9. The van der Waals surface area contributed by atoms with E-state index in [9.17, 15) is 0 Å². The minimum absolute atomic E-state index is 0.705. The Morgan fingerprint density at radius 3 is 2.50 bits per heavy atom. The molecular formula is C17H14BrNO. The molecule has 0 heterocycles. The van der Waals surface area contributed by atoms with Gasteiger partial charge in [0.1, 0.15) is 0 Å². The van der Waals surface area contributed by atoms with Crippen molar-refractivity contribution in [3.63, 3.8) is 0 Å². The minimum atomic E-state index is 0.705. The van der Waals surface area contributed by atoms with Crippen LogP contribution in [-0.2, 0) is 0 Å². The largest absolute Gasteiger partial charge is 0.411 e. The summed E-state index contributed by atoms with van der Waals surface area (Å²) < 4.78 is 1.10. The molecule has 20 heavy (non-hydrogen) atoms. The summed E-state index contributed by atoms with van der Waals surface area (Å²) in [5.74, 6) is 0. The van der Waals surface area contributed by atoms with Crippen LogP contribution in [0.2, 0.25) is 0 Å². The molecule has 2 nitrogen and oxygen atoms in total. The molecule has 3 aromatic carbocycles. The Kier molecular flexibility index (Phi) is 3.45. The van der Waals surface area contributed by atoms with Crippen molar-refractivity contribution < 1.29 is 5.21 Å². The third kappa shape index (κ3) is 2.08. The van der Waals surface area contributed by atoms with Crippen molar-refractivity contribution in [1.82, 2.24) is 0 Å². The topological polar surface area (TPSA) is 32.6 Å². The van der Waals surface area contributed by atoms with Crippen molar-refractivity contribution in [2.75, 3.05) is 0 Å². The quantitative estimate of drug-likeness (QED) is 0.293. The highest BCUT2D eigenvalue weighted by Crippen LogP contribution is 2.32. The molecule has 100 valence electrons. The van der Waals surface area contributed by atoms with Gasteiger partial charge in [-0.05, 0) is 45.7 Å². The Morgan fingerprint density at radius 1 is 1.05 bits per heavy atom. The highest BCUT2D eigenvalue weighted by molar-refractivity contribution is 9.10. The predicted octanol–water partition coefficient (Wildman–Crippen LogP) is 5.34. The van der Waals surface area contributed by atoms with Crippen LogP contribution in [0.3, 0.4) is 0 Å². The molecule has 0 aromatic heterocycles. The van der Waals surface area contributed by atoms with Gasteiger partial charge in [-0.15, -0.1) is 0 Å². The summed E-state index contributed by atoms with van der Waals surface area (Å²) in [5, 5.41) is 17.2. The Bertz CT molecular complexity index is 824. The second-order valence-corrected chi connectivity index (χ2v) is 5.59. The summed E-state index contributed by atoms with van der Waals surface area (Å²) >= 11 is 3.63. The van der Waals surface area contributed by atoms with Crippen molar-refractivity contribution in [2.24, 2.45) is 5.16 Å². The SMILES string of the molecule is CC/C(=N\O)c1ccc2cc(Br)c3ccccc3c2c1. The monoisotopic (exact) mass is 327 g/mol. The van der Waals surface area contributed by atoms with E-state index >= 15 is 0 Å². The number of halogens is 1. The average molecular weight is 328 g/mol. The Balaban J connectivity index is 2.38. The van der Waals surface area contributed by atoms with Crippen LogP contribution in [0, 0.1) is 0 Å². The molecule has 0 unspecified atom stereocenters. The second kappa shape index (κ2) is 5.25. The summed E-state index contributed by atoms with van der Waals surface area (Å²) in [6.45, 7) is 1.99. The summed E-state index contributed by atoms with van der Waals surface area (Å²) in [6, 6.07) is 16.6. The third-order valence-corrected chi connectivity index (χ3v) is 4.25. The molecule has 0 aliphatic carbocycles. The molecular weight excluding hydrogens is 314 g/mol. The van der Waals surface area contributed by atoms with Gasteiger partial charge in [-0.2, -0.15) is 0 Å². The number of benzene rings is 3. The first-order valence-electron chi connectivity index (χ1n) is 6.57. The van der Waals surface area contributed by atoms with Gasteiger partial charge in [0.15, 0.2) is 0 Å². The lowest BCUT2D eigenvalue weighted by Gasteiger charge is -2.09. The Hall–Kier alpha value is -1.87. The molecule has 0 radical (unpaired) electrons. The maximum atomic E-state index is 9.09. The fraction of sp³-hybridized carbons (Fsp3) is 0.118. The Morgan fingerprint density at radius 2 is 1.80 bits per heavy atom. The van der Waals surface area contributed by atoms with Crippen LogP contribution in [0.1, 0.15) is 18.9 Å². The fourth-order valence-electron chi connectivity index (χ4n) is 2.57. The van der Waals surface area contributed by atoms with Crippen LogP contribution >= 0.6 is 15.9 Å². The molecule has 3 heteroatoms. The van der Waals surface area contributed by atoms with Gasteiger partial charge in [0.05, 0.1) is 5.71 Å². The third-order valence-electron chi connectivity index (χ3n) is 3.60. The molecule has 0 atom stereocenters. The second-order valence-electron chi connectivity index (χ2n) is 4.74. The summed E-state index contributed by atoms with van der Waals surface area (Å²) in [4.78, 5) is 0. The first-order valence-corrected chi connectivity index (χ1v) is 7.36.